The second-order valence-electron chi connectivity index (χ2n) is 15.0. The zero-order valence-corrected chi connectivity index (χ0v) is 29.9. The maximum Gasteiger partial charge on any atom is 0.229 e. The van der Waals surface area contributed by atoms with Crippen molar-refractivity contribution < 1.29 is 9.59 Å². The summed E-state index contributed by atoms with van der Waals surface area (Å²) in [5, 5.41) is 0. The minimum Gasteiger partial charge on any atom is -0.342 e. The molecule has 2 amide bonds. The number of aromatic nitrogens is 6. The number of pyridine rings is 2. The highest BCUT2D eigenvalue weighted by molar-refractivity contribution is 5.85. The number of carbonyl (C=O) groups is 2. The molecule has 0 bridgehead atoms. The molecule has 54 heavy (non-hydrogen) atoms. The molecular formula is C44H40N8O2. The third kappa shape index (κ3) is 5.82. The van der Waals surface area contributed by atoms with Crippen molar-refractivity contribution in [3.63, 3.8) is 0 Å². The third-order valence-electron chi connectivity index (χ3n) is 11.8. The molecule has 6 heterocycles. The lowest BCUT2D eigenvalue weighted by Gasteiger charge is -2.25. The predicted octanol–water partition coefficient (Wildman–Crippen LogP) is 7.56. The molecule has 3 atom stereocenters. The molecule has 3 aliphatic rings. The van der Waals surface area contributed by atoms with Gasteiger partial charge in [-0.3, -0.25) is 19.6 Å². The molecule has 2 aliphatic heterocycles. The van der Waals surface area contributed by atoms with Gasteiger partial charge in [0.25, 0.3) is 0 Å². The Kier molecular flexibility index (Phi) is 7.85. The fraction of sp³-hybridized carbons (Fsp3) is 0.273. The van der Waals surface area contributed by atoms with Crippen LogP contribution in [0.4, 0.5) is 0 Å². The van der Waals surface area contributed by atoms with E-state index in [4.69, 9.17) is 9.97 Å². The Bertz CT molecular complexity index is 2510. The Morgan fingerprint density at radius 1 is 0.667 bits per heavy atom. The Morgan fingerprint density at radius 2 is 1.26 bits per heavy atom. The molecule has 1 spiro atoms. The number of nitrogens with zero attached hydrogens (tertiary/aromatic N) is 6. The Morgan fingerprint density at radius 3 is 1.89 bits per heavy atom. The predicted molar refractivity (Wildman–Crippen MR) is 207 cm³/mol. The van der Waals surface area contributed by atoms with Crippen molar-refractivity contribution in [1.82, 2.24) is 39.7 Å². The van der Waals surface area contributed by atoms with Crippen LogP contribution in [0.3, 0.4) is 0 Å². The van der Waals surface area contributed by atoms with Crippen molar-refractivity contribution in [2.45, 2.75) is 62.4 Å². The van der Waals surface area contributed by atoms with Crippen LogP contribution in [0.2, 0.25) is 0 Å². The first kappa shape index (κ1) is 32.5. The first-order valence-electron chi connectivity index (χ1n) is 19.0. The summed E-state index contributed by atoms with van der Waals surface area (Å²) < 4.78 is 0. The number of carbonyl (C=O) groups excluding carboxylic acids is 2. The molecule has 7 aromatic rings. The third-order valence-corrected chi connectivity index (χ3v) is 11.8. The van der Waals surface area contributed by atoms with Gasteiger partial charge in [0.05, 0.1) is 46.5 Å². The lowest BCUT2D eigenvalue weighted by atomic mass is 10.00. The van der Waals surface area contributed by atoms with Gasteiger partial charge in [0.1, 0.15) is 11.6 Å². The van der Waals surface area contributed by atoms with Gasteiger partial charge in [-0.1, -0.05) is 48.5 Å². The maximum absolute atomic E-state index is 13.4. The van der Waals surface area contributed by atoms with Gasteiger partial charge in [0.15, 0.2) is 0 Å². The van der Waals surface area contributed by atoms with Crippen LogP contribution in [0.1, 0.15) is 67.1 Å². The van der Waals surface area contributed by atoms with Gasteiger partial charge in [-0.25, -0.2) is 9.97 Å². The topological polar surface area (TPSA) is 124 Å². The van der Waals surface area contributed by atoms with Crippen molar-refractivity contribution in [3.05, 3.63) is 132 Å². The quantitative estimate of drug-likeness (QED) is 0.168. The van der Waals surface area contributed by atoms with Gasteiger partial charge in [0.2, 0.25) is 11.8 Å². The fourth-order valence-electron chi connectivity index (χ4n) is 8.95. The Balaban J connectivity index is 0.835. The van der Waals surface area contributed by atoms with E-state index in [9.17, 15) is 9.59 Å². The maximum atomic E-state index is 13.4. The van der Waals surface area contributed by atoms with E-state index in [-0.39, 0.29) is 29.3 Å². The second-order valence-corrected chi connectivity index (χ2v) is 15.0. The van der Waals surface area contributed by atoms with Crippen LogP contribution in [0.5, 0.6) is 0 Å². The van der Waals surface area contributed by atoms with E-state index in [2.05, 4.69) is 85.5 Å². The van der Waals surface area contributed by atoms with Crippen LogP contribution in [-0.2, 0) is 22.4 Å². The molecule has 3 aromatic carbocycles. The largest absolute Gasteiger partial charge is 0.342 e. The number of nitrogens with one attached hydrogen (secondary N) is 2. The number of amides is 2. The van der Waals surface area contributed by atoms with Crippen LogP contribution in [-0.4, -0.2) is 70.1 Å². The number of imidazole rings is 2. The van der Waals surface area contributed by atoms with E-state index in [0.717, 1.165) is 113 Å². The number of hydrogen-bond donors (Lipinski definition) is 2. The molecule has 268 valence electrons. The summed E-state index contributed by atoms with van der Waals surface area (Å²) in [6.07, 6.45) is 8.95. The summed E-state index contributed by atoms with van der Waals surface area (Å²) in [5.74, 6) is 2.29. The van der Waals surface area contributed by atoms with Gasteiger partial charge in [-0.2, -0.15) is 0 Å². The monoisotopic (exact) mass is 712 g/mol. The van der Waals surface area contributed by atoms with Crippen molar-refractivity contribution in [2.24, 2.45) is 0 Å². The molecule has 4 aromatic heterocycles. The van der Waals surface area contributed by atoms with Gasteiger partial charge in [-0.15, -0.1) is 0 Å². The molecule has 3 unspecified atom stereocenters. The molecule has 10 heteroatoms. The van der Waals surface area contributed by atoms with Crippen LogP contribution < -0.4 is 0 Å². The number of H-pyrrole nitrogens is 2. The standard InChI is InChI=1S/C44H40N8O2/c53-40(25-32-7-1-3-19-45-32)51-21-5-9-39(51)43-48-36-17-15-31(24-38(36)50-43)29-12-10-28(11-13-29)30-14-16-35-37(23-30)49-42(47-35)34-27-44(34)18-6-22-52(44)41(54)26-33-8-2-4-20-46-33/h1-4,7-8,10-17,19-20,23-24,34,39H,5-6,9,18,21-22,25-27H2,(H,47,49)(H,48,50). The van der Waals surface area contributed by atoms with Crippen molar-refractivity contribution in [2.75, 3.05) is 13.1 Å². The highest BCUT2D eigenvalue weighted by Gasteiger charge is 2.63. The molecule has 1 saturated carbocycles. The molecule has 10 rings (SSSR count). The van der Waals surface area contributed by atoms with Gasteiger partial charge in [0, 0.05) is 42.8 Å². The average molecular weight is 713 g/mol. The number of hydrogen-bond acceptors (Lipinski definition) is 6. The molecule has 1 aliphatic carbocycles. The molecule has 2 saturated heterocycles. The highest BCUT2D eigenvalue weighted by Crippen LogP contribution is 2.60. The first-order valence-corrected chi connectivity index (χ1v) is 19.0. The van der Waals surface area contributed by atoms with E-state index in [1.165, 1.54) is 0 Å². The van der Waals surface area contributed by atoms with E-state index in [0.29, 0.717) is 12.8 Å². The summed E-state index contributed by atoms with van der Waals surface area (Å²) >= 11 is 0. The minimum absolute atomic E-state index is 0.0608. The van der Waals surface area contributed by atoms with Crippen LogP contribution >= 0.6 is 0 Å². The molecule has 10 nitrogen and oxygen atoms in total. The number of aromatic amines is 2. The second kappa shape index (κ2) is 13.1. The Labute approximate surface area is 312 Å². The van der Waals surface area contributed by atoms with Crippen molar-refractivity contribution in [3.8, 4) is 22.3 Å². The van der Waals surface area contributed by atoms with Crippen molar-refractivity contribution in [1.29, 1.82) is 0 Å². The lowest BCUT2D eigenvalue weighted by Crippen LogP contribution is -2.39. The smallest absolute Gasteiger partial charge is 0.229 e. The number of fused-ring (bicyclic) bond motifs is 2. The van der Waals surface area contributed by atoms with E-state index in [1.807, 2.05) is 41.3 Å². The number of benzene rings is 3. The molecule has 2 N–H and O–H groups in total. The van der Waals surface area contributed by atoms with E-state index in [1.54, 1.807) is 12.4 Å². The average Bonchev–Trinajstić information content (AvgIpc) is 3.74. The van der Waals surface area contributed by atoms with Gasteiger partial charge >= 0.3 is 0 Å². The number of rotatable bonds is 8. The SMILES string of the molecule is O=C(Cc1ccccn1)N1CCCC1c1nc2ccc(-c3ccc(-c4ccc5nc(C6CC67CCCN7C(=O)Cc6ccccn6)[nH]c5c4)cc3)cc2[nH]1. The fourth-order valence-corrected chi connectivity index (χ4v) is 8.95. The van der Waals surface area contributed by atoms with Crippen LogP contribution in [0, 0.1) is 0 Å². The van der Waals surface area contributed by atoms with Crippen LogP contribution in [0.15, 0.2) is 109 Å². The first-order chi connectivity index (χ1) is 26.5. The minimum atomic E-state index is -0.129. The van der Waals surface area contributed by atoms with Gasteiger partial charge < -0.3 is 19.8 Å². The summed E-state index contributed by atoms with van der Waals surface area (Å²) in [7, 11) is 0. The zero-order valence-electron chi connectivity index (χ0n) is 29.9. The summed E-state index contributed by atoms with van der Waals surface area (Å²) in [4.78, 5) is 56.5. The number of likely N-dealkylation sites (tertiary alicyclic amines) is 2. The van der Waals surface area contributed by atoms with E-state index >= 15 is 0 Å². The molecule has 3 fully saturated rings. The van der Waals surface area contributed by atoms with E-state index < -0.39 is 0 Å². The molecule has 0 radical (unpaired) electrons. The molecular weight excluding hydrogens is 673 g/mol. The normalized spacial score (nSPS) is 20.7. The van der Waals surface area contributed by atoms with Crippen molar-refractivity contribution >= 4 is 33.9 Å². The summed E-state index contributed by atoms with van der Waals surface area (Å²) in [5.41, 5.74) is 9.77. The van der Waals surface area contributed by atoms with Crippen LogP contribution in [0.25, 0.3) is 44.3 Å². The Hall–Kier alpha value is -6.16. The zero-order chi connectivity index (χ0) is 36.2. The summed E-state index contributed by atoms with van der Waals surface area (Å²) in [6.45, 7) is 1.53. The van der Waals surface area contributed by atoms with Gasteiger partial charge in [-0.05, 0) is 103 Å². The highest BCUT2D eigenvalue weighted by atomic mass is 16.2. The lowest BCUT2D eigenvalue weighted by molar-refractivity contribution is -0.132. The summed E-state index contributed by atoms with van der Waals surface area (Å²) in [6, 6.07) is 32.7.